The van der Waals surface area contributed by atoms with E-state index < -0.39 is 0 Å². The number of carbonyl (C=O) groups is 1. The first-order chi connectivity index (χ1) is 9.67. The molecule has 1 aromatic carbocycles. The van der Waals surface area contributed by atoms with E-state index in [1.165, 1.54) is 0 Å². The SMILES string of the molecule is O=C(c1cc2cc(Cl)ccc2[nH]1)N1CCCC(CO)C1. The molecule has 0 aliphatic carbocycles. The fourth-order valence-corrected chi connectivity index (χ4v) is 2.97. The molecule has 2 aromatic rings. The first-order valence-electron chi connectivity index (χ1n) is 6.86. The van der Waals surface area contributed by atoms with E-state index in [-0.39, 0.29) is 18.4 Å². The van der Waals surface area contributed by atoms with Crippen molar-refractivity contribution in [2.45, 2.75) is 12.8 Å². The lowest BCUT2D eigenvalue weighted by atomic mass is 9.99. The third-order valence-electron chi connectivity index (χ3n) is 3.88. The molecular weight excluding hydrogens is 276 g/mol. The lowest BCUT2D eigenvalue weighted by molar-refractivity contribution is 0.0616. The molecule has 1 aliphatic rings. The van der Waals surface area contributed by atoms with Gasteiger partial charge in [0.1, 0.15) is 5.69 Å². The molecule has 5 heteroatoms. The summed E-state index contributed by atoms with van der Waals surface area (Å²) in [6.45, 7) is 1.53. The van der Waals surface area contributed by atoms with Gasteiger partial charge in [0.05, 0.1) is 0 Å². The predicted octanol–water partition coefficient (Wildman–Crippen LogP) is 2.67. The molecule has 1 unspecified atom stereocenters. The van der Waals surface area contributed by atoms with Crippen LogP contribution in [0.2, 0.25) is 5.02 Å². The zero-order chi connectivity index (χ0) is 14.1. The van der Waals surface area contributed by atoms with E-state index in [2.05, 4.69) is 4.98 Å². The molecule has 1 atom stereocenters. The topological polar surface area (TPSA) is 56.3 Å². The van der Waals surface area contributed by atoms with Crippen molar-refractivity contribution in [3.63, 3.8) is 0 Å². The molecule has 0 spiro atoms. The minimum atomic E-state index is -0.00419. The maximum atomic E-state index is 12.5. The number of H-pyrrole nitrogens is 1. The third kappa shape index (κ3) is 2.53. The van der Waals surface area contributed by atoms with Gasteiger partial charge in [-0.15, -0.1) is 0 Å². The summed E-state index contributed by atoms with van der Waals surface area (Å²) in [7, 11) is 0. The number of carbonyl (C=O) groups excluding carboxylic acids is 1. The Morgan fingerprint density at radius 2 is 2.30 bits per heavy atom. The van der Waals surface area contributed by atoms with Crippen LogP contribution in [0.3, 0.4) is 0 Å². The van der Waals surface area contributed by atoms with Crippen molar-refractivity contribution in [1.29, 1.82) is 0 Å². The fourth-order valence-electron chi connectivity index (χ4n) is 2.79. The van der Waals surface area contributed by atoms with Gasteiger partial charge < -0.3 is 15.0 Å². The molecule has 1 aromatic heterocycles. The summed E-state index contributed by atoms with van der Waals surface area (Å²) in [4.78, 5) is 17.5. The second-order valence-corrected chi connectivity index (χ2v) is 5.79. The van der Waals surface area contributed by atoms with Crippen LogP contribution in [-0.2, 0) is 0 Å². The number of aromatic nitrogens is 1. The van der Waals surface area contributed by atoms with Crippen molar-refractivity contribution < 1.29 is 9.90 Å². The monoisotopic (exact) mass is 292 g/mol. The van der Waals surface area contributed by atoms with Crippen LogP contribution in [0.15, 0.2) is 24.3 Å². The third-order valence-corrected chi connectivity index (χ3v) is 4.11. The van der Waals surface area contributed by atoms with Gasteiger partial charge in [-0.05, 0) is 43.0 Å². The van der Waals surface area contributed by atoms with Gasteiger partial charge in [-0.3, -0.25) is 4.79 Å². The van der Waals surface area contributed by atoms with Crippen LogP contribution in [0, 0.1) is 5.92 Å². The lowest BCUT2D eigenvalue weighted by Crippen LogP contribution is -2.41. The Balaban J connectivity index is 1.84. The number of piperidine rings is 1. The Morgan fingerprint density at radius 1 is 1.45 bits per heavy atom. The number of rotatable bonds is 2. The molecule has 1 aliphatic heterocycles. The van der Waals surface area contributed by atoms with E-state index >= 15 is 0 Å². The van der Waals surface area contributed by atoms with Crippen LogP contribution < -0.4 is 0 Å². The molecule has 3 rings (SSSR count). The molecule has 106 valence electrons. The number of hydrogen-bond acceptors (Lipinski definition) is 2. The molecule has 1 saturated heterocycles. The number of nitrogens with zero attached hydrogens (tertiary/aromatic N) is 1. The van der Waals surface area contributed by atoms with Crippen molar-refractivity contribution in [2.75, 3.05) is 19.7 Å². The normalized spacial score (nSPS) is 19.5. The smallest absolute Gasteiger partial charge is 0.270 e. The predicted molar refractivity (Wildman–Crippen MR) is 79.0 cm³/mol. The number of aromatic amines is 1. The Hall–Kier alpha value is -1.52. The number of fused-ring (bicyclic) bond motifs is 1. The number of aliphatic hydroxyl groups excluding tert-OH is 1. The maximum absolute atomic E-state index is 12.5. The quantitative estimate of drug-likeness (QED) is 0.894. The number of nitrogens with one attached hydrogen (secondary N) is 1. The van der Waals surface area contributed by atoms with Crippen LogP contribution in [0.5, 0.6) is 0 Å². The largest absolute Gasteiger partial charge is 0.396 e. The van der Waals surface area contributed by atoms with Gasteiger partial charge in [-0.25, -0.2) is 0 Å². The highest BCUT2D eigenvalue weighted by Gasteiger charge is 2.24. The summed E-state index contributed by atoms with van der Waals surface area (Å²) in [6.07, 6.45) is 1.94. The van der Waals surface area contributed by atoms with Gasteiger partial charge in [0.25, 0.3) is 5.91 Å². The molecule has 0 saturated carbocycles. The van der Waals surface area contributed by atoms with Gasteiger partial charge in [-0.2, -0.15) is 0 Å². The minimum absolute atomic E-state index is 0.00419. The summed E-state index contributed by atoms with van der Waals surface area (Å²) in [5, 5.41) is 10.8. The van der Waals surface area contributed by atoms with Crippen molar-refractivity contribution in [2.24, 2.45) is 5.92 Å². The van der Waals surface area contributed by atoms with Crippen LogP contribution in [0.25, 0.3) is 10.9 Å². The number of amides is 1. The second-order valence-electron chi connectivity index (χ2n) is 5.36. The van der Waals surface area contributed by atoms with E-state index in [0.717, 1.165) is 30.3 Å². The zero-order valence-electron chi connectivity index (χ0n) is 11.1. The number of hydrogen-bond donors (Lipinski definition) is 2. The summed E-state index contributed by atoms with van der Waals surface area (Å²) in [6, 6.07) is 7.36. The van der Waals surface area contributed by atoms with Crippen LogP contribution in [0.4, 0.5) is 0 Å². The molecule has 0 bridgehead atoms. The summed E-state index contributed by atoms with van der Waals surface area (Å²) < 4.78 is 0. The second kappa shape index (κ2) is 5.46. The van der Waals surface area contributed by atoms with Crippen molar-refractivity contribution in [3.8, 4) is 0 Å². The average Bonchev–Trinajstić information content (AvgIpc) is 2.89. The van der Waals surface area contributed by atoms with Gasteiger partial charge in [0, 0.05) is 35.6 Å². The number of halogens is 1. The molecule has 1 amide bonds. The molecule has 1 fully saturated rings. The van der Waals surface area contributed by atoms with Crippen molar-refractivity contribution >= 4 is 28.4 Å². The first-order valence-corrected chi connectivity index (χ1v) is 7.23. The lowest BCUT2D eigenvalue weighted by Gasteiger charge is -2.31. The van der Waals surface area contributed by atoms with Gasteiger partial charge in [0.2, 0.25) is 0 Å². The molecule has 0 radical (unpaired) electrons. The van der Waals surface area contributed by atoms with Gasteiger partial charge in [0.15, 0.2) is 0 Å². The average molecular weight is 293 g/mol. The summed E-state index contributed by atoms with van der Waals surface area (Å²) in [5.74, 6) is 0.196. The highest BCUT2D eigenvalue weighted by atomic mass is 35.5. The van der Waals surface area contributed by atoms with E-state index in [9.17, 15) is 9.90 Å². The van der Waals surface area contributed by atoms with Crippen LogP contribution in [-0.4, -0.2) is 40.6 Å². The molecule has 4 nitrogen and oxygen atoms in total. The highest BCUT2D eigenvalue weighted by molar-refractivity contribution is 6.31. The van der Waals surface area contributed by atoms with E-state index in [1.54, 1.807) is 6.07 Å². The molecule has 2 N–H and O–H groups in total. The van der Waals surface area contributed by atoms with Crippen LogP contribution >= 0.6 is 11.6 Å². The number of aliphatic hydroxyl groups is 1. The van der Waals surface area contributed by atoms with E-state index in [0.29, 0.717) is 17.3 Å². The van der Waals surface area contributed by atoms with Gasteiger partial charge >= 0.3 is 0 Å². The molecule has 20 heavy (non-hydrogen) atoms. The van der Waals surface area contributed by atoms with E-state index in [1.807, 2.05) is 23.1 Å². The fraction of sp³-hybridized carbons (Fsp3) is 0.400. The molecule has 2 heterocycles. The van der Waals surface area contributed by atoms with Crippen molar-refractivity contribution in [3.05, 3.63) is 35.0 Å². The standard InChI is InChI=1S/C15H17ClN2O2/c16-12-3-4-13-11(6-12)7-14(17-13)15(20)18-5-1-2-10(8-18)9-19/h3-4,6-7,10,17,19H,1-2,5,8-9H2. The Bertz CT molecular complexity index is 638. The summed E-state index contributed by atoms with van der Waals surface area (Å²) in [5.41, 5.74) is 1.49. The Labute approximate surface area is 122 Å². The van der Waals surface area contributed by atoms with Crippen molar-refractivity contribution in [1.82, 2.24) is 9.88 Å². The summed E-state index contributed by atoms with van der Waals surface area (Å²) >= 11 is 5.96. The minimum Gasteiger partial charge on any atom is -0.396 e. The zero-order valence-corrected chi connectivity index (χ0v) is 11.9. The number of benzene rings is 1. The maximum Gasteiger partial charge on any atom is 0.270 e. The molecular formula is C15H17ClN2O2. The van der Waals surface area contributed by atoms with Gasteiger partial charge in [-0.1, -0.05) is 11.6 Å². The number of likely N-dealkylation sites (tertiary alicyclic amines) is 1. The highest BCUT2D eigenvalue weighted by Crippen LogP contribution is 2.22. The van der Waals surface area contributed by atoms with E-state index in [4.69, 9.17) is 11.6 Å². The Kier molecular flexibility index (Phi) is 3.68. The van der Waals surface area contributed by atoms with Crippen LogP contribution in [0.1, 0.15) is 23.3 Å². The Morgan fingerprint density at radius 3 is 3.10 bits per heavy atom. The first kappa shape index (κ1) is 13.5.